The molecule has 1 aromatic heterocycles. The van der Waals surface area contributed by atoms with E-state index in [-0.39, 0.29) is 0 Å². The van der Waals surface area contributed by atoms with Crippen molar-refractivity contribution < 1.29 is 0 Å². The highest BCUT2D eigenvalue weighted by atomic mass is 79.9. The number of aromatic nitrogens is 1. The Labute approximate surface area is 123 Å². The van der Waals surface area contributed by atoms with Gasteiger partial charge in [0, 0.05) is 13.1 Å². The molecule has 19 heavy (non-hydrogen) atoms. The first-order valence-electron chi connectivity index (χ1n) is 6.56. The maximum absolute atomic E-state index is 4.40. The van der Waals surface area contributed by atoms with Crippen molar-refractivity contribution >= 4 is 15.9 Å². The summed E-state index contributed by atoms with van der Waals surface area (Å²) in [6.07, 6.45) is 0. The predicted molar refractivity (Wildman–Crippen MR) is 83.0 cm³/mol. The average molecular weight is 319 g/mol. The summed E-state index contributed by atoms with van der Waals surface area (Å²) in [5.41, 5.74) is 3.74. The Bertz CT molecular complexity index is 521. The Morgan fingerprint density at radius 3 is 2.42 bits per heavy atom. The Kier molecular flexibility index (Phi) is 5.11. The Morgan fingerprint density at radius 1 is 1.05 bits per heavy atom. The Balaban J connectivity index is 1.85. The second-order valence-corrected chi connectivity index (χ2v) is 5.76. The van der Waals surface area contributed by atoms with Crippen LogP contribution < -0.4 is 5.32 Å². The molecule has 0 bridgehead atoms. The molecule has 0 spiro atoms. The molecule has 1 N–H and O–H groups in total. The summed E-state index contributed by atoms with van der Waals surface area (Å²) in [6, 6.07) is 14.8. The van der Waals surface area contributed by atoms with E-state index >= 15 is 0 Å². The van der Waals surface area contributed by atoms with Gasteiger partial charge in [0.1, 0.15) is 4.60 Å². The number of halogens is 1. The molecule has 0 unspecified atom stereocenters. The number of hydrogen-bond donors (Lipinski definition) is 1. The SMILES string of the molecule is CC(C)c1ccc(CNCc2cccc(Br)n2)cc1. The van der Waals surface area contributed by atoms with Crippen molar-refractivity contribution in [3.05, 3.63) is 63.9 Å². The van der Waals surface area contributed by atoms with Gasteiger partial charge in [-0.2, -0.15) is 0 Å². The molecule has 0 fully saturated rings. The van der Waals surface area contributed by atoms with Crippen molar-refractivity contribution in [1.29, 1.82) is 0 Å². The number of rotatable bonds is 5. The minimum Gasteiger partial charge on any atom is -0.307 e. The smallest absolute Gasteiger partial charge is 0.106 e. The first kappa shape index (κ1) is 14.2. The maximum Gasteiger partial charge on any atom is 0.106 e. The van der Waals surface area contributed by atoms with E-state index in [2.05, 4.69) is 64.3 Å². The molecule has 0 amide bonds. The second-order valence-electron chi connectivity index (χ2n) is 4.95. The van der Waals surface area contributed by atoms with E-state index < -0.39 is 0 Å². The van der Waals surface area contributed by atoms with Crippen LogP contribution in [0.1, 0.15) is 36.6 Å². The summed E-state index contributed by atoms with van der Waals surface area (Å²) < 4.78 is 0.882. The van der Waals surface area contributed by atoms with Gasteiger partial charge >= 0.3 is 0 Å². The third-order valence-corrected chi connectivity index (χ3v) is 3.50. The molecule has 0 aliphatic rings. The van der Waals surface area contributed by atoms with E-state index in [0.29, 0.717) is 5.92 Å². The van der Waals surface area contributed by atoms with E-state index in [4.69, 9.17) is 0 Å². The molecule has 0 radical (unpaired) electrons. The topological polar surface area (TPSA) is 24.9 Å². The molecule has 0 saturated carbocycles. The van der Waals surface area contributed by atoms with Gasteiger partial charge in [-0.1, -0.05) is 44.2 Å². The van der Waals surface area contributed by atoms with E-state index in [1.165, 1.54) is 11.1 Å². The van der Waals surface area contributed by atoms with Gasteiger partial charge in [0.2, 0.25) is 0 Å². The highest BCUT2D eigenvalue weighted by molar-refractivity contribution is 9.10. The van der Waals surface area contributed by atoms with Gasteiger partial charge in [-0.25, -0.2) is 4.98 Å². The van der Waals surface area contributed by atoms with Gasteiger partial charge in [-0.15, -0.1) is 0 Å². The zero-order chi connectivity index (χ0) is 13.7. The minimum absolute atomic E-state index is 0.591. The van der Waals surface area contributed by atoms with Crippen LogP contribution in [0, 0.1) is 0 Å². The van der Waals surface area contributed by atoms with Crippen molar-refractivity contribution in [2.45, 2.75) is 32.9 Å². The summed E-state index contributed by atoms with van der Waals surface area (Å²) >= 11 is 3.38. The third-order valence-electron chi connectivity index (χ3n) is 3.05. The summed E-state index contributed by atoms with van der Waals surface area (Å²) in [4.78, 5) is 4.40. The van der Waals surface area contributed by atoms with E-state index in [1.807, 2.05) is 18.2 Å². The van der Waals surface area contributed by atoms with E-state index in [9.17, 15) is 0 Å². The number of nitrogens with zero attached hydrogens (tertiary/aromatic N) is 1. The highest BCUT2D eigenvalue weighted by Crippen LogP contribution is 2.14. The van der Waals surface area contributed by atoms with E-state index in [0.717, 1.165) is 23.4 Å². The van der Waals surface area contributed by atoms with E-state index in [1.54, 1.807) is 0 Å². The fraction of sp³-hybridized carbons (Fsp3) is 0.312. The molecule has 2 rings (SSSR count). The van der Waals surface area contributed by atoms with Crippen LogP contribution in [0.15, 0.2) is 47.1 Å². The van der Waals surface area contributed by atoms with Crippen molar-refractivity contribution in [3.8, 4) is 0 Å². The van der Waals surface area contributed by atoms with Gasteiger partial charge in [0.25, 0.3) is 0 Å². The van der Waals surface area contributed by atoms with Crippen LogP contribution >= 0.6 is 15.9 Å². The fourth-order valence-electron chi connectivity index (χ4n) is 1.90. The highest BCUT2D eigenvalue weighted by Gasteiger charge is 1.99. The van der Waals surface area contributed by atoms with Crippen LogP contribution in [-0.2, 0) is 13.1 Å². The molecular formula is C16H19BrN2. The first-order chi connectivity index (χ1) is 9.15. The van der Waals surface area contributed by atoms with Crippen LogP contribution in [0.2, 0.25) is 0 Å². The molecule has 0 saturated heterocycles. The molecule has 1 heterocycles. The van der Waals surface area contributed by atoms with Crippen LogP contribution in [0.25, 0.3) is 0 Å². The van der Waals surface area contributed by atoms with Crippen molar-refractivity contribution in [3.63, 3.8) is 0 Å². The molecular weight excluding hydrogens is 300 g/mol. The molecule has 0 aliphatic carbocycles. The molecule has 1 aromatic carbocycles. The summed E-state index contributed by atoms with van der Waals surface area (Å²) in [5, 5.41) is 3.41. The Morgan fingerprint density at radius 2 is 1.79 bits per heavy atom. The van der Waals surface area contributed by atoms with Crippen molar-refractivity contribution in [2.75, 3.05) is 0 Å². The summed E-state index contributed by atoms with van der Waals surface area (Å²) in [6.45, 7) is 6.08. The van der Waals surface area contributed by atoms with Gasteiger partial charge in [-0.3, -0.25) is 0 Å². The number of benzene rings is 1. The fourth-order valence-corrected chi connectivity index (χ4v) is 2.28. The van der Waals surface area contributed by atoms with Crippen molar-refractivity contribution in [2.24, 2.45) is 0 Å². The maximum atomic E-state index is 4.40. The Hall–Kier alpha value is -1.19. The summed E-state index contributed by atoms with van der Waals surface area (Å²) in [7, 11) is 0. The number of hydrogen-bond acceptors (Lipinski definition) is 2. The lowest BCUT2D eigenvalue weighted by Crippen LogP contribution is -2.13. The van der Waals surface area contributed by atoms with Crippen LogP contribution in [0.4, 0.5) is 0 Å². The largest absolute Gasteiger partial charge is 0.307 e. The normalized spacial score (nSPS) is 10.9. The zero-order valence-corrected chi connectivity index (χ0v) is 12.9. The van der Waals surface area contributed by atoms with Gasteiger partial charge < -0.3 is 5.32 Å². The van der Waals surface area contributed by atoms with Gasteiger partial charge in [0.05, 0.1) is 5.69 Å². The molecule has 2 aromatic rings. The third kappa shape index (κ3) is 4.44. The molecule has 3 heteroatoms. The molecule has 100 valence electrons. The zero-order valence-electron chi connectivity index (χ0n) is 11.4. The van der Waals surface area contributed by atoms with Gasteiger partial charge in [-0.05, 0) is 45.1 Å². The molecule has 0 atom stereocenters. The van der Waals surface area contributed by atoms with Gasteiger partial charge in [0.15, 0.2) is 0 Å². The van der Waals surface area contributed by atoms with Crippen LogP contribution in [-0.4, -0.2) is 4.98 Å². The van der Waals surface area contributed by atoms with Crippen LogP contribution in [0.3, 0.4) is 0 Å². The summed E-state index contributed by atoms with van der Waals surface area (Å²) in [5.74, 6) is 0.591. The number of pyridine rings is 1. The lowest BCUT2D eigenvalue weighted by atomic mass is 10.0. The predicted octanol–water partition coefficient (Wildman–Crippen LogP) is 4.26. The minimum atomic E-state index is 0.591. The average Bonchev–Trinajstić information content (AvgIpc) is 2.39. The molecule has 2 nitrogen and oxygen atoms in total. The molecule has 0 aliphatic heterocycles. The van der Waals surface area contributed by atoms with Crippen LogP contribution in [0.5, 0.6) is 0 Å². The lowest BCUT2D eigenvalue weighted by molar-refractivity contribution is 0.678. The monoisotopic (exact) mass is 318 g/mol. The second kappa shape index (κ2) is 6.83. The number of nitrogens with one attached hydrogen (secondary N) is 1. The van der Waals surface area contributed by atoms with Crippen molar-refractivity contribution in [1.82, 2.24) is 10.3 Å². The standard InChI is InChI=1S/C16H19BrN2/c1-12(2)14-8-6-13(7-9-14)10-18-11-15-4-3-5-16(17)19-15/h3-9,12,18H,10-11H2,1-2H3. The lowest BCUT2D eigenvalue weighted by Gasteiger charge is -2.08. The first-order valence-corrected chi connectivity index (χ1v) is 7.35. The quantitative estimate of drug-likeness (QED) is 0.833.